The molecule has 0 saturated carbocycles. The Morgan fingerprint density at radius 3 is 2.58 bits per heavy atom. The molecular formula is C15H24N2O2. The van der Waals surface area contributed by atoms with Crippen molar-refractivity contribution in [1.82, 2.24) is 4.90 Å². The quantitative estimate of drug-likeness (QED) is 0.767. The molecule has 0 radical (unpaired) electrons. The van der Waals surface area contributed by atoms with Gasteiger partial charge in [0.2, 0.25) is 5.91 Å². The van der Waals surface area contributed by atoms with Crippen LogP contribution in [0.4, 0.5) is 0 Å². The van der Waals surface area contributed by atoms with Crippen LogP contribution in [0, 0.1) is 0 Å². The molecule has 19 heavy (non-hydrogen) atoms. The molecule has 1 rings (SSSR count). The van der Waals surface area contributed by atoms with E-state index in [0.29, 0.717) is 19.6 Å². The van der Waals surface area contributed by atoms with Gasteiger partial charge in [0, 0.05) is 13.6 Å². The predicted molar refractivity (Wildman–Crippen MR) is 77.1 cm³/mol. The average molecular weight is 264 g/mol. The van der Waals surface area contributed by atoms with Crippen molar-refractivity contribution in [2.75, 3.05) is 20.2 Å². The molecule has 0 spiro atoms. The number of nitrogens with two attached hydrogens (primary N) is 1. The van der Waals surface area contributed by atoms with Crippen molar-refractivity contribution in [3.05, 3.63) is 30.3 Å². The molecule has 0 fully saturated rings. The molecule has 1 aromatic carbocycles. The standard InChI is InChI=1S/C15H24N2O2/c1-4-15(2,16)14(18)17(3)11-8-12-19-13-9-6-5-7-10-13/h5-7,9-10H,4,8,11-12,16H2,1-3H3. The third-order valence-corrected chi connectivity index (χ3v) is 3.22. The maximum atomic E-state index is 12.0. The van der Waals surface area contributed by atoms with Crippen molar-refractivity contribution in [3.63, 3.8) is 0 Å². The van der Waals surface area contributed by atoms with Gasteiger partial charge in [0.1, 0.15) is 5.75 Å². The monoisotopic (exact) mass is 264 g/mol. The number of rotatable bonds is 7. The lowest BCUT2D eigenvalue weighted by molar-refractivity contribution is -0.135. The molecule has 0 aliphatic heterocycles. The molecule has 0 saturated heterocycles. The van der Waals surface area contributed by atoms with Crippen molar-refractivity contribution in [3.8, 4) is 5.75 Å². The first-order valence-corrected chi connectivity index (χ1v) is 6.69. The van der Waals surface area contributed by atoms with Gasteiger partial charge in [-0.1, -0.05) is 25.1 Å². The fourth-order valence-corrected chi connectivity index (χ4v) is 1.70. The molecule has 2 N–H and O–H groups in total. The third kappa shape index (κ3) is 4.91. The van der Waals surface area contributed by atoms with Crippen LogP contribution in [0.2, 0.25) is 0 Å². The highest BCUT2D eigenvalue weighted by Gasteiger charge is 2.28. The molecule has 106 valence electrons. The molecule has 0 bridgehead atoms. The molecule has 0 aliphatic carbocycles. The number of amides is 1. The van der Waals surface area contributed by atoms with E-state index in [9.17, 15) is 4.79 Å². The molecule has 1 atom stereocenters. The Hall–Kier alpha value is -1.55. The van der Waals surface area contributed by atoms with Gasteiger partial charge in [-0.05, 0) is 31.9 Å². The van der Waals surface area contributed by atoms with Crippen LogP contribution in [0.5, 0.6) is 5.75 Å². The SMILES string of the molecule is CCC(C)(N)C(=O)N(C)CCCOc1ccccc1. The maximum absolute atomic E-state index is 12.0. The lowest BCUT2D eigenvalue weighted by atomic mass is 9.99. The van der Waals surface area contributed by atoms with Crippen LogP contribution in [-0.4, -0.2) is 36.5 Å². The molecule has 0 heterocycles. The lowest BCUT2D eigenvalue weighted by Gasteiger charge is -2.28. The molecule has 0 aromatic heterocycles. The number of nitrogens with zero attached hydrogens (tertiary/aromatic N) is 1. The van der Waals surface area contributed by atoms with E-state index in [1.807, 2.05) is 37.3 Å². The van der Waals surface area contributed by atoms with E-state index in [0.717, 1.165) is 12.2 Å². The number of hydrogen-bond donors (Lipinski definition) is 1. The van der Waals surface area contributed by atoms with Gasteiger partial charge in [-0.2, -0.15) is 0 Å². The molecule has 1 aromatic rings. The number of carbonyl (C=O) groups is 1. The largest absolute Gasteiger partial charge is 0.494 e. The zero-order valence-corrected chi connectivity index (χ0v) is 12.1. The first-order chi connectivity index (χ1) is 8.97. The minimum Gasteiger partial charge on any atom is -0.494 e. The van der Waals surface area contributed by atoms with Crippen LogP contribution in [0.1, 0.15) is 26.7 Å². The number of para-hydroxylation sites is 1. The van der Waals surface area contributed by atoms with Crippen LogP contribution < -0.4 is 10.5 Å². The Bertz CT molecular complexity index is 390. The van der Waals surface area contributed by atoms with Gasteiger partial charge in [0.15, 0.2) is 0 Å². The average Bonchev–Trinajstić information content (AvgIpc) is 2.43. The summed E-state index contributed by atoms with van der Waals surface area (Å²) in [5.74, 6) is 0.836. The van der Waals surface area contributed by atoms with Crippen molar-refractivity contribution >= 4 is 5.91 Å². The summed E-state index contributed by atoms with van der Waals surface area (Å²) in [6, 6.07) is 9.66. The molecule has 1 amide bonds. The van der Waals surface area contributed by atoms with E-state index in [4.69, 9.17) is 10.5 Å². The van der Waals surface area contributed by atoms with Gasteiger partial charge in [0.25, 0.3) is 0 Å². The van der Waals surface area contributed by atoms with E-state index in [2.05, 4.69) is 0 Å². The normalized spacial score (nSPS) is 13.7. The van der Waals surface area contributed by atoms with Crippen molar-refractivity contribution in [1.29, 1.82) is 0 Å². The second-order valence-electron chi connectivity index (χ2n) is 5.01. The van der Waals surface area contributed by atoms with Crippen LogP contribution in [-0.2, 0) is 4.79 Å². The van der Waals surface area contributed by atoms with E-state index in [1.165, 1.54) is 0 Å². The molecule has 4 nitrogen and oxygen atoms in total. The highest BCUT2D eigenvalue weighted by molar-refractivity contribution is 5.85. The molecular weight excluding hydrogens is 240 g/mol. The number of carbonyl (C=O) groups excluding carboxylic acids is 1. The Balaban J connectivity index is 2.28. The summed E-state index contributed by atoms with van der Waals surface area (Å²) in [5, 5.41) is 0. The summed E-state index contributed by atoms with van der Waals surface area (Å²) in [6.07, 6.45) is 1.42. The fourth-order valence-electron chi connectivity index (χ4n) is 1.70. The number of ether oxygens (including phenoxy) is 1. The summed E-state index contributed by atoms with van der Waals surface area (Å²) in [6.45, 7) is 4.93. The second-order valence-corrected chi connectivity index (χ2v) is 5.01. The van der Waals surface area contributed by atoms with Gasteiger partial charge in [-0.3, -0.25) is 4.79 Å². The summed E-state index contributed by atoms with van der Waals surface area (Å²) in [5.41, 5.74) is 5.16. The predicted octanol–water partition coefficient (Wildman–Crippen LogP) is 2.04. The van der Waals surface area contributed by atoms with Gasteiger partial charge in [0.05, 0.1) is 12.1 Å². The Morgan fingerprint density at radius 2 is 2.00 bits per heavy atom. The van der Waals surface area contributed by atoms with Crippen molar-refractivity contribution < 1.29 is 9.53 Å². The van der Waals surface area contributed by atoms with E-state index in [-0.39, 0.29) is 5.91 Å². The zero-order chi connectivity index (χ0) is 14.3. The summed E-state index contributed by atoms with van der Waals surface area (Å²) in [4.78, 5) is 13.7. The third-order valence-electron chi connectivity index (χ3n) is 3.22. The van der Waals surface area contributed by atoms with E-state index in [1.54, 1.807) is 18.9 Å². The minimum atomic E-state index is -0.769. The van der Waals surface area contributed by atoms with E-state index >= 15 is 0 Å². The molecule has 4 heteroatoms. The number of benzene rings is 1. The zero-order valence-electron chi connectivity index (χ0n) is 12.1. The highest BCUT2D eigenvalue weighted by atomic mass is 16.5. The number of hydrogen-bond acceptors (Lipinski definition) is 3. The number of likely N-dealkylation sites (N-methyl/N-ethyl adjacent to an activating group) is 1. The Morgan fingerprint density at radius 1 is 1.37 bits per heavy atom. The Labute approximate surface area is 115 Å². The highest BCUT2D eigenvalue weighted by Crippen LogP contribution is 2.10. The Kier molecular flexibility index (Phi) is 5.83. The van der Waals surface area contributed by atoms with Crippen molar-refractivity contribution in [2.24, 2.45) is 5.73 Å². The fraction of sp³-hybridized carbons (Fsp3) is 0.533. The van der Waals surface area contributed by atoms with Gasteiger partial charge in [-0.25, -0.2) is 0 Å². The molecule has 0 aliphatic rings. The summed E-state index contributed by atoms with van der Waals surface area (Å²) in [7, 11) is 1.78. The summed E-state index contributed by atoms with van der Waals surface area (Å²) < 4.78 is 5.58. The van der Waals surface area contributed by atoms with Gasteiger partial charge >= 0.3 is 0 Å². The topological polar surface area (TPSA) is 55.6 Å². The maximum Gasteiger partial charge on any atom is 0.242 e. The van der Waals surface area contributed by atoms with Crippen LogP contribution in [0.15, 0.2) is 30.3 Å². The minimum absolute atomic E-state index is 0.0188. The van der Waals surface area contributed by atoms with Crippen LogP contribution in [0.3, 0.4) is 0 Å². The first-order valence-electron chi connectivity index (χ1n) is 6.69. The second kappa shape index (κ2) is 7.14. The first kappa shape index (κ1) is 15.5. The van der Waals surface area contributed by atoms with Gasteiger partial charge in [-0.15, -0.1) is 0 Å². The summed E-state index contributed by atoms with van der Waals surface area (Å²) >= 11 is 0. The molecule has 1 unspecified atom stereocenters. The van der Waals surface area contributed by atoms with Gasteiger partial charge < -0.3 is 15.4 Å². The smallest absolute Gasteiger partial charge is 0.242 e. The lowest BCUT2D eigenvalue weighted by Crippen LogP contribution is -2.51. The van der Waals surface area contributed by atoms with Crippen LogP contribution in [0.25, 0.3) is 0 Å². The van der Waals surface area contributed by atoms with Crippen LogP contribution >= 0.6 is 0 Å². The van der Waals surface area contributed by atoms with Crippen molar-refractivity contribution in [2.45, 2.75) is 32.2 Å². The van der Waals surface area contributed by atoms with E-state index < -0.39 is 5.54 Å².